The second kappa shape index (κ2) is 9.95. The van der Waals surface area contributed by atoms with Gasteiger partial charge in [-0.3, -0.25) is 9.59 Å². The molecule has 2 aromatic heterocycles. The molecule has 1 aliphatic carbocycles. The highest BCUT2D eigenvalue weighted by Crippen LogP contribution is 2.34. The van der Waals surface area contributed by atoms with Crippen molar-refractivity contribution in [1.82, 2.24) is 15.4 Å². The van der Waals surface area contributed by atoms with Crippen LogP contribution in [0.15, 0.2) is 62.9 Å². The minimum Gasteiger partial charge on any atom is -0.301 e. The van der Waals surface area contributed by atoms with E-state index in [2.05, 4.69) is 38.7 Å². The number of nitrogens with zero attached hydrogens (tertiary/aromatic N) is 2. The van der Waals surface area contributed by atoms with Gasteiger partial charge < -0.3 is 4.98 Å². The number of thioether (sulfide) groups is 1. The molecule has 1 amide bonds. The Bertz CT molecular complexity index is 1440. The molecule has 0 radical (unpaired) electrons. The molecule has 172 valence electrons. The zero-order valence-electron chi connectivity index (χ0n) is 18.8. The molecule has 5 rings (SSSR count). The van der Waals surface area contributed by atoms with Crippen LogP contribution in [0.1, 0.15) is 35.1 Å². The van der Waals surface area contributed by atoms with Crippen molar-refractivity contribution in [3.63, 3.8) is 0 Å². The van der Waals surface area contributed by atoms with Crippen LogP contribution in [0.3, 0.4) is 0 Å². The van der Waals surface area contributed by atoms with Crippen LogP contribution in [0.2, 0.25) is 0 Å². The zero-order valence-corrected chi connectivity index (χ0v) is 20.4. The van der Waals surface area contributed by atoms with E-state index in [1.165, 1.54) is 47.1 Å². The summed E-state index contributed by atoms with van der Waals surface area (Å²) in [5.41, 5.74) is 9.18. The maximum absolute atomic E-state index is 12.9. The van der Waals surface area contributed by atoms with Crippen LogP contribution in [0.4, 0.5) is 0 Å². The van der Waals surface area contributed by atoms with E-state index in [0.29, 0.717) is 15.4 Å². The minimum absolute atomic E-state index is 0.0999. The van der Waals surface area contributed by atoms with E-state index in [4.69, 9.17) is 0 Å². The molecule has 0 aliphatic heterocycles. The van der Waals surface area contributed by atoms with Gasteiger partial charge in [0.25, 0.3) is 11.5 Å². The van der Waals surface area contributed by atoms with Gasteiger partial charge in [0.05, 0.1) is 17.4 Å². The van der Waals surface area contributed by atoms with Crippen molar-refractivity contribution in [3.8, 4) is 11.1 Å². The maximum atomic E-state index is 12.9. The molecule has 2 heterocycles. The summed E-state index contributed by atoms with van der Waals surface area (Å²) in [6.07, 6.45) is 6.29. The van der Waals surface area contributed by atoms with Gasteiger partial charge in [0.2, 0.25) is 0 Å². The van der Waals surface area contributed by atoms with Crippen LogP contribution < -0.4 is 11.0 Å². The molecule has 0 saturated carbocycles. The number of amides is 1. The van der Waals surface area contributed by atoms with E-state index >= 15 is 0 Å². The fourth-order valence-electron chi connectivity index (χ4n) is 4.11. The fraction of sp³-hybridized carbons (Fsp3) is 0.231. The first-order valence-corrected chi connectivity index (χ1v) is 13.1. The standard InChI is InChI=1S/C26H24N4O2S2/c1-16-6-8-17(9-7-16)13-27-30-22(31)15-34-26-28-24(32)23-21(14-33-25(23)29-26)20-11-10-18-4-2-3-5-19(18)12-20/h6-14H,2-5,15H2,1H3,(H,30,31)(H,28,29,32)/b27-13+. The Hall–Kier alpha value is -3.23. The topological polar surface area (TPSA) is 87.2 Å². The molecule has 0 saturated heterocycles. The summed E-state index contributed by atoms with van der Waals surface area (Å²) in [5, 5.41) is 7.02. The van der Waals surface area contributed by atoms with Crippen molar-refractivity contribution < 1.29 is 4.79 Å². The number of carbonyl (C=O) groups is 1. The van der Waals surface area contributed by atoms with Crippen LogP contribution in [0, 0.1) is 6.92 Å². The molecule has 8 heteroatoms. The predicted molar refractivity (Wildman–Crippen MR) is 140 cm³/mol. The summed E-state index contributed by atoms with van der Waals surface area (Å²) in [6.45, 7) is 2.01. The average Bonchev–Trinajstić information content (AvgIpc) is 3.28. The van der Waals surface area contributed by atoms with Gasteiger partial charge in [0.15, 0.2) is 5.16 Å². The first-order valence-electron chi connectivity index (χ1n) is 11.2. The Kier molecular flexibility index (Phi) is 6.60. The number of thiophene rings is 1. The molecule has 2 aromatic carbocycles. The molecule has 0 spiro atoms. The molecule has 0 atom stereocenters. The van der Waals surface area contributed by atoms with E-state index < -0.39 is 0 Å². The largest absolute Gasteiger partial charge is 0.301 e. The predicted octanol–water partition coefficient (Wildman–Crippen LogP) is 5.08. The van der Waals surface area contributed by atoms with Crippen molar-refractivity contribution in [1.29, 1.82) is 0 Å². The van der Waals surface area contributed by atoms with Crippen molar-refractivity contribution in [2.75, 3.05) is 5.75 Å². The van der Waals surface area contributed by atoms with E-state index in [0.717, 1.165) is 35.1 Å². The minimum atomic E-state index is -0.267. The van der Waals surface area contributed by atoms with E-state index in [-0.39, 0.29) is 17.2 Å². The van der Waals surface area contributed by atoms with Crippen molar-refractivity contribution in [3.05, 3.63) is 80.5 Å². The van der Waals surface area contributed by atoms with Crippen LogP contribution in [-0.2, 0) is 17.6 Å². The quantitative estimate of drug-likeness (QED) is 0.171. The first kappa shape index (κ1) is 22.6. The number of aromatic nitrogens is 2. The van der Waals surface area contributed by atoms with Gasteiger partial charge in [-0.25, -0.2) is 10.4 Å². The number of H-pyrrole nitrogens is 1. The molecule has 1 aliphatic rings. The number of fused-ring (bicyclic) bond motifs is 2. The second-order valence-corrected chi connectivity index (χ2v) is 10.2. The molecule has 2 N–H and O–H groups in total. The average molecular weight is 489 g/mol. The number of hydrogen-bond acceptors (Lipinski definition) is 6. The van der Waals surface area contributed by atoms with Crippen molar-refractivity contribution in [2.24, 2.45) is 5.10 Å². The Morgan fingerprint density at radius 3 is 2.79 bits per heavy atom. The van der Waals surface area contributed by atoms with Gasteiger partial charge in [-0.2, -0.15) is 5.10 Å². The van der Waals surface area contributed by atoms with Gasteiger partial charge in [0.1, 0.15) is 4.83 Å². The summed E-state index contributed by atoms with van der Waals surface area (Å²) < 4.78 is 0. The third-order valence-electron chi connectivity index (χ3n) is 5.90. The van der Waals surface area contributed by atoms with Gasteiger partial charge in [-0.1, -0.05) is 59.8 Å². The zero-order chi connectivity index (χ0) is 23.5. The molecule has 0 bridgehead atoms. The second-order valence-electron chi connectivity index (χ2n) is 8.38. The van der Waals surface area contributed by atoms with Crippen LogP contribution in [0.5, 0.6) is 0 Å². The number of aromatic amines is 1. The van der Waals surface area contributed by atoms with Gasteiger partial charge in [-0.15, -0.1) is 11.3 Å². The third kappa shape index (κ3) is 4.98. The lowest BCUT2D eigenvalue weighted by Gasteiger charge is -2.16. The Morgan fingerprint density at radius 2 is 1.97 bits per heavy atom. The van der Waals surface area contributed by atoms with Crippen LogP contribution in [0.25, 0.3) is 21.3 Å². The highest BCUT2D eigenvalue weighted by molar-refractivity contribution is 7.99. The monoisotopic (exact) mass is 488 g/mol. The number of benzene rings is 2. The van der Waals surface area contributed by atoms with E-state index in [1.54, 1.807) is 6.21 Å². The lowest BCUT2D eigenvalue weighted by molar-refractivity contribution is -0.118. The number of aryl methyl sites for hydroxylation is 3. The number of nitrogens with one attached hydrogen (secondary N) is 2. The smallest absolute Gasteiger partial charge is 0.260 e. The molecule has 4 aromatic rings. The number of hydrazone groups is 1. The van der Waals surface area contributed by atoms with Crippen LogP contribution in [-0.4, -0.2) is 27.8 Å². The summed E-state index contributed by atoms with van der Waals surface area (Å²) in [5.74, 6) is -0.167. The lowest BCUT2D eigenvalue weighted by Crippen LogP contribution is -2.20. The van der Waals surface area contributed by atoms with Crippen molar-refractivity contribution in [2.45, 2.75) is 37.8 Å². The Morgan fingerprint density at radius 1 is 1.18 bits per heavy atom. The van der Waals surface area contributed by atoms with Gasteiger partial charge in [0, 0.05) is 10.9 Å². The van der Waals surface area contributed by atoms with Gasteiger partial charge >= 0.3 is 0 Å². The maximum Gasteiger partial charge on any atom is 0.260 e. The van der Waals surface area contributed by atoms with Crippen LogP contribution >= 0.6 is 23.1 Å². The summed E-state index contributed by atoms with van der Waals surface area (Å²) in [7, 11) is 0. The Balaban J connectivity index is 1.27. The SMILES string of the molecule is Cc1ccc(/C=N/NC(=O)CSc2nc3scc(-c4ccc5c(c4)CCCC5)c3c(=O)[nH]2)cc1. The number of carbonyl (C=O) groups excluding carboxylic acids is 1. The summed E-state index contributed by atoms with van der Waals surface area (Å²) >= 11 is 2.64. The van der Waals surface area contributed by atoms with Gasteiger partial charge in [-0.05, 0) is 54.9 Å². The number of hydrogen-bond donors (Lipinski definition) is 2. The van der Waals surface area contributed by atoms with E-state index in [9.17, 15) is 9.59 Å². The highest BCUT2D eigenvalue weighted by atomic mass is 32.2. The Labute approximate surface area is 205 Å². The molecular weight excluding hydrogens is 464 g/mol. The molecule has 6 nitrogen and oxygen atoms in total. The van der Waals surface area contributed by atoms with Crippen molar-refractivity contribution >= 4 is 45.4 Å². The molecule has 0 unspecified atom stereocenters. The summed E-state index contributed by atoms with van der Waals surface area (Å²) in [4.78, 5) is 33.2. The first-order chi connectivity index (χ1) is 16.6. The van der Waals surface area contributed by atoms with E-state index in [1.807, 2.05) is 36.6 Å². The highest BCUT2D eigenvalue weighted by Gasteiger charge is 2.16. The molecule has 34 heavy (non-hydrogen) atoms. The third-order valence-corrected chi connectivity index (χ3v) is 7.65. The lowest BCUT2D eigenvalue weighted by atomic mass is 9.89. The fourth-order valence-corrected chi connectivity index (χ4v) is 5.77. The normalized spacial score (nSPS) is 13.3. The molecular formula is C26H24N4O2S2. The number of rotatable bonds is 6. The summed E-state index contributed by atoms with van der Waals surface area (Å²) in [6, 6.07) is 14.4. The molecule has 0 fully saturated rings.